The van der Waals surface area contributed by atoms with Crippen LogP contribution >= 0.6 is 11.8 Å². The molecule has 23 heavy (non-hydrogen) atoms. The highest BCUT2D eigenvalue weighted by Crippen LogP contribution is 2.41. The first kappa shape index (κ1) is 14.1. The number of rotatable bonds is 3. The van der Waals surface area contributed by atoms with Crippen LogP contribution in [-0.2, 0) is 0 Å². The molecule has 0 radical (unpaired) electrons. The maximum atomic E-state index is 6.03. The minimum Gasteiger partial charge on any atom is -0.450 e. The van der Waals surface area contributed by atoms with Crippen molar-refractivity contribution in [1.29, 1.82) is 0 Å². The van der Waals surface area contributed by atoms with Crippen LogP contribution in [-0.4, -0.2) is 16.2 Å². The number of hydrogen-bond donors (Lipinski definition) is 0. The highest BCUT2D eigenvalue weighted by molar-refractivity contribution is 7.98. The van der Waals surface area contributed by atoms with E-state index in [1.807, 2.05) is 60.9 Å². The van der Waals surface area contributed by atoms with E-state index >= 15 is 0 Å². The summed E-state index contributed by atoms with van der Waals surface area (Å²) >= 11 is 1.52. The summed E-state index contributed by atoms with van der Waals surface area (Å²) in [5.74, 6) is 1.52. The maximum Gasteiger partial charge on any atom is 0.271 e. The number of para-hydroxylation sites is 2. The summed E-state index contributed by atoms with van der Waals surface area (Å²) in [6, 6.07) is 17.5. The smallest absolute Gasteiger partial charge is 0.271 e. The molecule has 0 aliphatic carbocycles. The Bertz CT molecular complexity index is 837. The first-order chi connectivity index (χ1) is 11.3. The molecule has 0 saturated heterocycles. The van der Waals surface area contributed by atoms with Gasteiger partial charge >= 0.3 is 0 Å². The van der Waals surface area contributed by atoms with Crippen LogP contribution in [0.5, 0.6) is 11.5 Å². The minimum absolute atomic E-state index is 0.557. The summed E-state index contributed by atoms with van der Waals surface area (Å²) in [7, 11) is 0. The van der Waals surface area contributed by atoms with E-state index in [4.69, 9.17) is 9.47 Å². The molecule has 1 aliphatic rings. The summed E-state index contributed by atoms with van der Waals surface area (Å²) in [6.07, 6.45) is 3.20. The summed E-state index contributed by atoms with van der Waals surface area (Å²) in [4.78, 5) is 9.02. The Kier molecular flexibility index (Phi) is 3.63. The molecule has 1 atom stereocenters. The molecule has 0 N–H and O–H groups in total. The average Bonchev–Trinajstić information content (AvgIpc) is 2.62. The van der Waals surface area contributed by atoms with Gasteiger partial charge in [0.15, 0.2) is 5.16 Å². The van der Waals surface area contributed by atoms with Gasteiger partial charge in [-0.3, -0.25) is 0 Å². The number of fused-ring (bicyclic) bond motifs is 3. The standard InChI is InChI=1S/C18H14N2O2S/c1-23-18-19-11-14-16(20-18)13-9-5-6-10-15(13)22-17(14)21-12-7-3-2-4-8-12/h2-11,17H,1H3. The van der Waals surface area contributed by atoms with Crippen LogP contribution < -0.4 is 9.47 Å². The Balaban J connectivity index is 1.79. The normalized spacial score (nSPS) is 15.3. The van der Waals surface area contributed by atoms with Crippen molar-refractivity contribution in [2.45, 2.75) is 11.4 Å². The van der Waals surface area contributed by atoms with E-state index in [2.05, 4.69) is 9.97 Å². The maximum absolute atomic E-state index is 6.03. The highest BCUT2D eigenvalue weighted by atomic mass is 32.2. The van der Waals surface area contributed by atoms with Crippen molar-refractivity contribution in [1.82, 2.24) is 9.97 Å². The lowest BCUT2D eigenvalue weighted by Crippen LogP contribution is -2.21. The Morgan fingerprint density at radius 3 is 2.65 bits per heavy atom. The second-order valence-corrected chi connectivity index (χ2v) is 5.81. The number of thioether (sulfide) groups is 1. The van der Waals surface area contributed by atoms with Gasteiger partial charge < -0.3 is 9.47 Å². The van der Waals surface area contributed by atoms with Crippen molar-refractivity contribution in [3.05, 3.63) is 66.4 Å². The van der Waals surface area contributed by atoms with Gasteiger partial charge in [-0.25, -0.2) is 9.97 Å². The number of hydrogen-bond acceptors (Lipinski definition) is 5. The van der Waals surface area contributed by atoms with Gasteiger partial charge in [-0.15, -0.1) is 0 Å². The van der Waals surface area contributed by atoms with Gasteiger partial charge in [-0.05, 0) is 30.5 Å². The minimum atomic E-state index is -0.557. The highest BCUT2D eigenvalue weighted by Gasteiger charge is 2.29. The van der Waals surface area contributed by atoms with E-state index in [1.165, 1.54) is 11.8 Å². The molecule has 0 fully saturated rings. The van der Waals surface area contributed by atoms with Crippen LogP contribution in [0.4, 0.5) is 0 Å². The molecular formula is C18H14N2O2S. The molecule has 0 bridgehead atoms. The quantitative estimate of drug-likeness (QED) is 0.530. The lowest BCUT2D eigenvalue weighted by atomic mass is 10.0. The molecule has 2 aromatic carbocycles. The Labute approximate surface area is 138 Å². The fourth-order valence-corrected chi connectivity index (χ4v) is 2.86. The molecule has 3 aromatic rings. The van der Waals surface area contributed by atoms with Gasteiger partial charge in [0, 0.05) is 11.8 Å². The van der Waals surface area contributed by atoms with E-state index in [-0.39, 0.29) is 0 Å². The predicted molar refractivity (Wildman–Crippen MR) is 89.7 cm³/mol. The van der Waals surface area contributed by atoms with Crippen molar-refractivity contribution in [3.63, 3.8) is 0 Å². The molecule has 0 saturated carbocycles. The molecule has 0 spiro atoms. The fraction of sp³-hybridized carbons (Fsp3) is 0.111. The van der Waals surface area contributed by atoms with E-state index in [9.17, 15) is 0 Å². The number of ether oxygens (including phenoxy) is 2. The molecule has 1 aromatic heterocycles. The molecule has 2 heterocycles. The van der Waals surface area contributed by atoms with E-state index < -0.39 is 6.29 Å². The van der Waals surface area contributed by atoms with Crippen molar-refractivity contribution in [3.8, 4) is 22.8 Å². The van der Waals surface area contributed by atoms with Crippen molar-refractivity contribution in [2.24, 2.45) is 0 Å². The van der Waals surface area contributed by atoms with Crippen LogP contribution in [0.15, 0.2) is 66.0 Å². The summed E-state index contributed by atoms with van der Waals surface area (Å²) < 4.78 is 12.0. The first-order valence-corrected chi connectivity index (χ1v) is 8.46. The zero-order valence-electron chi connectivity index (χ0n) is 12.5. The van der Waals surface area contributed by atoms with Crippen molar-refractivity contribution >= 4 is 11.8 Å². The van der Waals surface area contributed by atoms with Crippen LogP contribution in [0.25, 0.3) is 11.3 Å². The third-order valence-corrected chi connectivity index (χ3v) is 4.16. The van der Waals surface area contributed by atoms with Gasteiger partial charge in [0.05, 0.1) is 11.3 Å². The van der Waals surface area contributed by atoms with Gasteiger partial charge in [0.2, 0.25) is 0 Å². The second-order valence-electron chi connectivity index (χ2n) is 5.04. The van der Waals surface area contributed by atoms with Gasteiger partial charge in [0.1, 0.15) is 11.5 Å². The van der Waals surface area contributed by atoms with Gasteiger partial charge in [0.25, 0.3) is 6.29 Å². The molecule has 0 amide bonds. The number of benzene rings is 2. The number of nitrogens with zero attached hydrogens (tertiary/aromatic N) is 2. The van der Waals surface area contributed by atoms with E-state index in [0.29, 0.717) is 0 Å². The third-order valence-electron chi connectivity index (χ3n) is 3.59. The van der Waals surface area contributed by atoms with Gasteiger partial charge in [-0.1, -0.05) is 42.1 Å². The molecule has 114 valence electrons. The third kappa shape index (κ3) is 2.64. The Morgan fingerprint density at radius 1 is 1.04 bits per heavy atom. The number of aromatic nitrogens is 2. The summed E-state index contributed by atoms with van der Waals surface area (Å²) in [5, 5.41) is 0.735. The zero-order chi connectivity index (χ0) is 15.6. The van der Waals surface area contributed by atoms with Crippen LogP contribution in [0.3, 0.4) is 0 Å². The first-order valence-electron chi connectivity index (χ1n) is 7.24. The predicted octanol–water partition coefficient (Wildman–Crippen LogP) is 4.34. The largest absolute Gasteiger partial charge is 0.450 e. The Morgan fingerprint density at radius 2 is 1.83 bits per heavy atom. The van der Waals surface area contributed by atoms with E-state index in [1.54, 1.807) is 6.20 Å². The lowest BCUT2D eigenvalue weighted by Gasteiger charge is -2.28. The molecule has 1 aliphatic heterocycles. The molecule has 4 rings (SSSR count). The monoisotopic (exact) mass is 322 g/mol. The Hall–Kier alpha value is -2.53. The van der Waals surface area contributed by atoms with Crippen molar-refractivity contribution in [2.75, 3.05) is 6.26 Å². The molecule has 1 unspecified atom stereocenters. The van der Waals surface area contributed by atoms with Crippen LogP contribution in [0, 0.1) is 0 Å². The molecule has 5 heteroatoms. The SMILES string of the molecule is CSc1ncc2c(n1)-c1ccccc1OC2Oc1ccccc1. The summed E-state index contributed by atoms with van der Waals surface area (Å²) in [6.45, 7) is 0. The fourth-order valence-electron chi connectivity index (χ4n) is 2.52. The average molecular weight is 322 g/mol. The lowest BCUT2D eigenvalue weighted by molar-refractivity contribution is 0.00107. The topological polar surface area (TPSA) is 44.2 Å². The van der Waals surface area contributed by atoms with Gasteiger partial charge in [-0.2, -0.15) is 0 Å². The molecular weight excluding hydrogens is 308 g/mol. The van der Waals surface area contributed by atoms with Crippen LogP contribution in [0.1, 0.15) is 11.9 Å². The zero-order valence-corrected chi connectivity index (χ0v) is 13.3. The van der Waals surface area contributed by atoms with E-state index in [0.717, 1.165) is 33.5 Å². The van der Waals surface area contributed by atoms with Crippen molar-refractivity contribution < 1.29 is 9.47 Å². The van der Waals surface area contributed by atoms with Crippen LogP contribution in [0.2, 0.25) is 0 Å². The molecule has 4 nitrogen and oxygen atoms in total. The summed E-state index contributed by atoms with van der Waals surface area (Å²) in [5.41, 5.74) is 2.67. The second kappa shape index (κ2) is 5.93.